The molecule has 1 aliphatic heterocycles. The fourth-order valence-corrected chi connectivity index (χ4v) is 2.29. The van der Waals surface area contributed by atoms with Crippen LogP contribution in [-0.4, -0.2) is 36.8 Å². The molecule has 1 aliphatic rings. The Morgan fingerprint density at radius 3 is 2.90 bits per heavy atom. The standard InChI is InChI=1S/C14H16ClNO5/c15-11-6-10(1-2-12(11)21-8-14(18)19)16-13(17)5-9-3-4-20-7-9/h1-2,6,9H,3-5,7-8H2,(H,16,17)(H,18,19). The fourth-order valence-electron chi connectivity index (χ4n) is 2.05. The Labute approximate surface area is 127 Å². The summed E-state index contributed by atoms with van der Waals surface area (Å²) in [5, 5.41) is 11.5. The number of hydrogen-bond acceptors (Lipinski definition) is 4. The van der Waals surface area contributed by atoms with Gasteiger partial charge in [-0.3, -0.25) is 4.79 Å². The number of hydrogen-bond donors (Lipinski definition) is 2. The number of carbonyl (C=O) groups excluding carboxylic acids is 1. The first-order valence-electron chi connectivity index (χ1n) is 6.56. The lowest BCUT2D eigenvalue weighted by Crippen LogP contribution is -2.16. The molecule has 21 heavy (non-hydrogen) atoms. The molecule has 6 nitrogen and oxygen atoms in total. The lowest BCUT2D eigenvalue weighted by molar-refractivity contribution is -0.139. The van der Waals surface area contributed by atoms with Crippen molar-refractivity contribution in [2.24, 2.45) is 5.92 Å². The highest BCUT2D eigenvalue weighted by Crippen LogP contribution is 2.28. The monoisotopic (exact) mass is 313 g/mol. The van der Waals surface area contributed by atoms with Gasteiger partial charge in [-0.15, -0.1) is 0 Å². The van der Waals surface area contributed by atoms with E-state index in [1.165, 1.54) is 12.1 Å². The second kappa shape index (κ2) is 7.28. The zero-order valence-electron chi connectivity index (χ0n) is 11.3. The van der Waals surface area contributed by atoms with Gasteiger partial charge < -0.3 is 19.9 Å². The van der Waals surface area contributed by atoms with Crippen molar-refractivity contribution < 1.29 is 24.2 Å². The van der Waals surface area contributed by atoms with Crippen LogP contribution in [0.4, 0.5) is 5.69 Å². The number of anilines is 1. The molecule has 114 valence electrons. The van der Waals surface area contributed by atoms with E-state index in [1.54, 1.807) is 6.07 Å². The molecule has 1 amide bonds. The van der Waals surface area contributed by atoms with E-state index in [0.29, 0.717) is 25.3 Å². The van der Waals surface area contributed by atoms with Crippen LogP contribution in [0.5, 0.6) is 5.75 Å². The van der Waals surface area contributed by atoms with Gasteiger partial charge in [0.05, 0.1) is 5.02 Å². The van der Waals surface area contributed by atoms with Crippen LogP contribution in [0.1, 0.15) is 12.8 Å². The normalized spacial score (nSPS) is 17.5. The number of benzene rings is 1. The minimum absolute atomic E-state index is 0.0965. The van der Waals surface area contributed by atoms with Crippen molar-refractivity contribution in [1.82, 2.24) is 0 Å². The summed E-state index contributed by atoms with van der Waals surface area (Å²) in [5.74, 6) is -0.650. The first-order valence-corrected chi connectivity index (χ1v) is 6.94. The van der Waals surface area contributed by atoms with Gasteiger partial charge in [-0.1, -0.05) is 11.6 Å². The average molecular weight is 314 g/mol. The quantitative estimate of drug-likeness (QED) is 0.840. The van der Waals surface area contributed by atoms with Crippen LogP contribution in [0.15, 0.2) is 18.2 Å². The topological polar surface area (TPSA) is 84.9 Å². The Balaban J connectivity index is 1.89. The van der Waals surface area contributed by atoms with Crippen LogP contribution in [0, 0.1) is 5.92 Å². The minimum Gasteiger partial charge on any atom is -0.480 e. The molecule has 0 radical (unpaired) electrons. The van der Waals surface area contributed by atoms with Crippen LogP contribution in [0.3, 0.4) is 0 Å². The molecule has 0 aliphatic carbocycles. The van der Waals surface area contributed by atoms with Gasteiger partial charge in [-0.25, -0.2) is 4.79 Å². The number of carboxylic acids is 1. The first-order chi connectivity index (χ1) is 10.0. The molecular formula is C14H16ClNO5. The lowest BCUT2D eigenvalue weighted by atomic mass is 10.0. The van der Waals surface area contributed by atoms with Crippen LogP contribution < -0.4 is 10.1 Å². The Morgan fingerprint density at radius 2 is 2.29 bits per heavy atom. The third kappa shape index (κ3) is 4.91. The van der Waals surface area contributed by atoms with Gasteiger partial charge in [0.25, 0.3) is 0 Å². The summed E-state index contributed by atoms with van der Waals surface area (Å²) in [4.78, 5) is 22.3. The van der Waals surface area contributed by atoms with E-state index in [1.807, 2.05) is 0 Å². The smallest absolute Gasteiger partial charge is 0.341 e. The molecule has 1 saturated heterocycles. The number of carboxylic acid groups (broad SMARTS) is 1. The highest BCUT2D eigenvalue weighted by atomic mass is 35.5. The summed E-state index contributed by atoms with van der Waals surface area (Å²) in [7, 11) is 0. The van der Waals surface area contributed by atoms with Gasteiger partial charge >= 0.3 is 5.97 Å². The second-order valence-corrected chi connectivity index (χ2v) is 5.22. The summed E-state index contributed by atoms with van der Waals surface area (Å²) in [6.07, 6.45) is 1.31. The molecule has 1 unspecified atom stereocenters. The van der Waals surface area contributed by atoms with Gasteiger partial charge in [0.1, 0.15) is 5.75 Å². The predicted molar refractivity (Wildman–Crippen MR) is 76.8 cm³/mol. The van der Waals surface area contributed by atoms with Gasteiger partial charge in [0.15, 0.2) is 6.61 Å². The molecule has 0 spiro atoms. The molecule has 1 aromatic carbocycles. The van der Waals surface area contributed by atoms with Crippen molar-refractivity contribution >= 4 is 29.2 Å². The number of amides is 1. The van der Waals surface area contributed by atoms with Gasteiger partial charge in [0.2, 0.25) is 5.91 Å². The number of halogens is 1. The van der Waals surface area contributed by atoms with Crippen molar-refractivity contribution in [2.75, 3.05) is 25.1 Å². The molecule has 2 rings (SSSR count). The van der Waals surface area contributed by atoms with E-state index >= 15 is 0 Å². The van der Waals surface area contributed by atoms with Gasteiger partial charge in [-0.05, 0) is 30.5 Å². The summed E-state index contributed by atoms with van der Waals surface area (Å²) < 4.78 is 10.2. The van der Waals surface area contributed by atoms with Gasteiger partial charge in [-0.2, -0.15) is 0 Å². The summed E-state index contributed by atoms with van der Waals surface area (Å²) >= 11 is 5.98. The van der Waals surface area contributed by atoms with E-state index in [0.717, 1.165) is 6.42 Å². The maximum absolute atomic E-state index is 11.9. The molecule has 2 N–H and O–H groups in total. The van der Waals surface area contributed by atoms with E-state index in [2.05, 4.69) is 5.32 Å². The third-order valence-corrected chi connectivity index (χ3v) is 3.36. The fraction of sp³-hybridized carbons (Fsp3) is 0.429. The molecule has 1 aromatic rings. The highest BCUT2D eigenvalue weighted by Gasteiger charge is 2.19. The van der Waals surface area contributed by atoms with E-state index < -0.39 is 12.6 Å². The van der Waals surface area contributed by atoms with Crippen LogP contribution in [-0.2, 0) is 14.3 Å². The average Bonchev–Trinajstić information content (AvgIpc) is 2.90. The largest absolute Gasteiger partial charge is 0.480 e. The summed E-state index contributed by atoms with van der Waals surface area (Å²) in [5.41, 5.74) is 0.548. The van der Waals surface area contributed by atoms with Crippen LogP contribution in [0.25, 0.3) is 0 Å². The van der Waals surface area contributed by atoms with Crippen molar-refractivity contribution in [2.45, 2.75) is 12.8 Å². The Bertz CT molecular complexity index is 528. The van der Waals surface area contributed by atoms with Crippen molar-refractivity contribution in [3.05, 3.63) is 23.2 Å². The van der Waals surface area contributed by atoms with E-state index in [9.17, 15) is 9.59 Å². The number of aliphatic carboxylic acids is 1. The zero-order valence-corrected chi connectivity index (χ0v) is 12.1. The molecule has 7 heteroatoms. The Hall–Kier alpha value is -1.79. The molecular weight excluding hydrogens is 298 g/mol. The zero-order chi connectivity index (χ0) is 15.2. The SMILES string of the molecule is O=C(O)COc1ccc(NC(=O)CC2CCOC2)cc1Cl. The maximum atomic E-state index is 11.9. The Morgan fingerprint density at radius 1 is 1.48 bits per heavy atom. The lowest BCUT2D eigenvalue weighted by Gasteiger charge is -2.10. The second-order valence-electron chi connectivity index (χ2n) is 4.81. The molecule has 0 saturated carbocycles. The first kappa shape index (κ1) is 15.6. The third-order valence-electron chi connectivity index (χ3n) is 3.06. The summed E-state index contributed by atoms with van der Waals surface area (Å²) in [6.45, 7) is 0.864. The minimum atomic E-state index is -1.08. The number of rotatable bonds is 6. The van der Waals surface area contributed by atoms with Crippen molar-refractivity contribution in [3.8, 4) is 5.75 Å². The van der Waals surface area contributed by atoms with Crippen molar-refractivity contribution in [3.63, 3.8) is 0 Å². The molecule has 0 aromatic heterocycles. The molecule has 1 heterocycles. The predicted octanol–water partition coefficient (Wildman–Crippen LogP) is 2.17. The molecule has 0 bridgehead atoms. The molecule has 1 fully saturated rings. The maximum Gasteiger partial charge on any atom is 0.341 e. The summed E-state index contributed by atoms with van der Waals surface area (Å²) in [6, 6.07) is 4.67. The van der Waals surface area contributed by atoms with Crippen molar-refractivity contribution in [1.29, 1.82) is 0 Å². The number of ether oxygens (including phenoxy) is 2. The molecule has 1 atom stereocenters. The van der Waals surface area contributed by atoms with E-state index in [-0.39, 0.29) is 22.6 Å². The van der Waals surface area contributed by atoms with Crippen LogP contribution in [0.2, 0.25) is 5.02 Å². The Kier molecular flexibility index (Phi) is 5.41. The highest BCUT2D eigenvalue weighted by molar-refractivity contribution is 6.32. The number of nitrogens with one attached hydrogen (secondary N) is 1. The van der Waals surface area contributed by atoms with E-state index in [4.69, 9.17) is 26.2 Å². The number of carbonyl (C=O) groups is 2. The van der Waals surface area contributed by atoms with Crippen LogP contribution >= 0.6 is 11.6 Å². The van der Waals surface area contributed by atoms with Gasteiger partial charge in [0, 0.05) is 25.3 Å².